The van der Waals surface area contributed by atoms with E-state index < -0.39 is 0 Å². The average molecular weight is 239 g/mol. The summed E-state index contributed by atoms with van der Waals surface area (Å²) >= 11 is 0. The molecule has 0 atom stereocenters. The SMILES string of the molecule is C=CCN(c1cccnc1C)c1cccnc1C. The fourth-order valence-electron chi connectivity index (χ4n) is 1.98. The Bertz CT molecular complexity index is 503. The summed E-state index contributed by atoms with van der Waals surface area (Å²) in [5.41, 5.74) is 4.19. The van der Waals surface area contributed by atoms with Gasteiger partial charge in [-0.1, -0.05) is 6.08 Å². The Balaban J connectivity index is 2.50. The Labute approximate surface area is 108 Å². The summed E-state index contributed by atoms with van der Waals surface area (Å²) in [5, 5.41) is 0. The molecule has 0 radical (unpaired) electrons. The summed E-state index contributed by atoms with van der Waals surface area (Å²) in [5.74, 6) is 0. The van der Waals surface area contributed by atoms with Gasteiger partial charge in [0.15, 0.2) is 0 Å². The van der Waals surface area contributed by atoms with Gasteiger partial charge in [-0.25, -0.2) is 0 Å². The largest absolute Gasteiger partial charge is 0.335 e. The molecule has 0 amide bonds. The highest BCUT2D eigenvalue weighted by atomic mass is 15.1. The number of aryl methyl sites for hydroxylation is 2. The van der Waals surface area contributed by atoms with Crippen molar-refractivity contribution in [2.75, 3.05) is 11.4 Å². The molecule has 0 saturated carbocycles. The Morgan fingerprint density at radius 1 is 1.06 bits per heavy atom. The van der Waals surface area contributed by atoms with Crippen molar-refractivity contribution in [2.24, 2.45) is 0 Å². The molecule has 2 aromatic rings. The van der Waals surface area contributed by atoms with Crippen molar-refractivity contribution < 1.29 is 0 Å². The number of anilines is 2. The molecule has 0 fully saturated rings. The van der Waals surface area contributed by atoms with Gasteiger partial charge < -0.3 is 4.90 Å². The third kappa shape index (κ3) is 2.40. The minimum atomic E-state index is 0.735. The molecule has 0 spiro atoms. The van der Waals surface area contributed by atoms with E-state index in [9.17, 15) is 0 Å². The van der Waals surface area contributed by atoms with Crippen LogP contribution in [0.5, 0.6) is 0 Å². The molecule has 2 rings (SSSR count). The highest BCUT2D eigenvalue weighted by Crippen LogP contribution is 2.28. The Hall–Kier alpha value is -2.16. The number of hydrogen-bond acceptors (Lipinski definition) is 3. The summed E-state index contributed by atoms with van der Waals surface area (Å²) in [4.78, 5) is 10.9. The number of rotatable bonds is 4. The molecule has 0 N–H and O–H groups in total. The van der Waals surface area contributed by atoms with Crippen molar-refractivity contribution in [3.8, 4) is 0 Å². The minimum absolute atomic E-state index is 0.735. The molecule has 0 bridgehead atoms. The zero-order chi connectivity index (χ0) is 13.0. The fraction of sp³-hybridized carbons (Fsp3) is 0.200. The molecule has 0 saturated heterocycles. The van der Waals surface area contributed by atoms with Gasteiger partial charge in [-0.05, 0) is 38.1 Å². The molecule has 0 unspecified atom stereocenters. The van der Waals surface area contributed by atoms with Crippen LogP contribution in [0, 0.1) is 13.8 Å². The number of pyridine rings is 2. The Morgan fingerprint density at radius 3 is 1.94 bits per heavy atom. The molecule has 2 aromatic heterocycles. The maximum Gasteiger partial charge on any atom is 0.0630 e. The van der Waals surface area contributed by atoms with Crippen LogP contribution in [0.4, 0.5) is 11.4 Å². The van der Waals surface area contributed by atoms with Crippen molar-refractivity contribution in [1.29, 1.82) is 0 Å². The lowest BCUT2D eigenvalue weighted by molar-refractivity contribution is 1.03. The van der Waals surface area contributed by atoms with E-state index in [0.29, 0.717) is 0 Å². The van der Waals surface area contributed by atoms with Gasteiger partial charge in [0.1, 0.15) is 0 Å². The first kappa shape index (κ1) is 12.3. The van der Waals surface area contributed by atoms with Crippen molar-refractivity contribution in [3.63, 3.8) is 0 Å². The van der Waals surface area contributed by atoms with Crippen molar-refractivity contribution in [2.45, 2.75) is 13.8 Å². The summed E-state index contributed by atoms with van der Waals surface area (Å²) in [6, 6.07) is 8.03. The molecule has 92 valence electrons. The van der Waals surface area contributed by atoms with E-state index in [2.05, 4.69) is 33.6 Å². The second-order valence-corrected chi connectivity index (χ2v) is 4.12. The van der Waals surface area contributed by atoms with Crippen LogP contribution in [0.25, 0.3) is 0 Å². The third-order valence-electron chi connectivity index (χ3n) is 2.85. The van der Waals surface area contributed by atoms with Gasteiger partial charge >= 0.3 is 0 Å². The molecular weight excluding hydrogens is 222 g/mol. The van der Waals surface area contributed by atoms with Gasteiger partial charge in [-0.2, -0.15) is 0 Å². The minimum Gasteiger partial charge on any atom is -0.335 e. The lowest BCUT2D eigenvalue weighted by atomic mass is 10.2. The van der Waals surface area contributed by atoms with E-state index in [1.807, 2.05) is 32.1 Å². The van der Waals surface area contributed by atoms with Gasteiger partial charge in [0.05, 0.1) is 22.8 Å². The van der Waals surface area contributed by atoms with Crippen molar-refractivity contribution >= 4 is 11.4 Å². The highest BCUT2D eigenvalue weighted by molar-refractivity contribution is 5.66. The second kappa shape index (κ2) is 5.45. The first-order chi connectivity index (χ1) is 8.74. The quantitative estimate of drug-likeness (QED) is 0.765. The van der Waals surface area contributed by atoms with Crippen LogP contribution in [0.3, 0.4) is 0 Å². The summed E-state index contributed by atoms with van der Waals surface area (Å²) in [6.07, 6.45) is 5.50. The van der Waals surface area contributed by atoms with Gasteiger partial charge in [-0.3, -0.25) is 9.97 Å². The third-order valence-corrected chi connectivity index (χ3v) is 2.85. The zero-order valence-corrected chi connectivity index (χ0v) is 10.8. The predicted molar refractivity (Wildman–Crippen MR) is 75.2 cm³/mol. The summed E-state index contributed by atoms with van der Waals surface area (Å²) in [7, 11) is 0. The molecule has 0 aromatic carbocycles. The molecule has 2 heterocycles. The van der Waals surface area contributed by atoms with E-state index in [0.717, 1.165) is 29.3 Å². The molecule has 0 aliphatic rings. The fourth-order valence-corrected chi connectivity index (χ4v) is 1.98. The topological polar surface area (TPSA) is 29.0 Å². The van der Waals surface area contributed by atoms with E-state index in [1.165, 1.54) is 0 Å². The molecule has 3 heteroatoms. The summed E-state index contributed by atoms with van der Waals surface area (Å²) in [6.45, 7) is 8.59. The molecular formula is C15H17N3. The van der Waals surface area contributed by atoms with Gasteiger partial charge in [0.2, 0.25) is 0 Å². The Morgan fingerprint density at radius 2 is 1.56 bits per heavy atom. The van der Waals surface area contributed by atoms with Gasteiger partial charge in [0.25, 0.3) is 0 Å². The average Bonchev–Trinajstić information content (AvgIpc) is 2.38. The Kier molecular flexibility index (Phi) is 3.72. The lowest BCUT2D eigenvalue weighted by Crippen LogP contribution is -2.19. The van der Waals surface area contributed by atoms with E-state index in [-0.39, 0.29) is 0 Å². The monoisotopic (exact) mass is 239 g/mol. The van der Waals surface area contributed by atoms with E-state index in [1.54, 1.807) is 12.4 Å². The zero-order valence-electron chi connectivity index (χ0n) is 10.8. The summed E-state index contributed by atoms with van der Waals surface area (Å²) < 4.78 is 0. The van der Waals surface area contributed by atoms with Crippen LogP contribution in [-0.4, -0.2) is 16.5 Å². The van der Waals surface area contributed by atoms with Crippen LogP contribution in [0.15, 0.2) is 49.3 Å². The normalized spacial score (nSPS) is 10.1. The second-order valence-electron chi connectivity index (χ2n) is 4.12. The van der Waals surface area contributed by atoms with Crippen LogP contribution in [-0.2, 0) is 0 Å². The smallest absolute Gasteiger partial charge is 0.0630 e. The maximum absolute atomic E-state index is 4.34. The van der Waals surface area contributed by atoms with Crippen LogP contribution in [0.1, 0.15) is 11.4 Å². The molecule has 0 aliphatic carbocycles. The standard InChI is InChI=1S/C15H17N3/c1-4-11-18(14-7-5-9-16-12(14)2)15-8-6-10-17-13(15)3/h4-10H,1,11H2,2-3H3. The molecule has 0 aliphatic heterocycles. The number of aromatic nitrogens is 2. The van der Waals surface area contributed by atoms with Crippen molar-refractivity contribution in [3.05, 3.63) is 60.7 Å². The van der Waals surface area contributed by atoms with Crippen LogP contribution in [0.2, 0.25) is 0 Å². The number of nitrogens with zero attached hydrogens (tertiary/aromatic N) is 3. The predicted octanol–water partition coefficient (Wildman–Crippen LogP) is 3.42. The van der Waals surface area contributed by atoms with E-state index >= 15 is 0 Å². The van der Waals surface area contributed by atoms with Crippen LogP contribution >= 0.6 is 0 Å². The van der Waals surface area contributed by atoms with Gasteiger partial charge in [0, 0.05) is 18.9 Å². The van der Waals surface area contributed by atoms with E-state index in [4.69, 9.17) is 0 Å². The molecule has 18 heavy (non-hydrogen) atoms. The lowest BCUT2D eigenvalue weighted by Gasteiger charge is -2.25. The molecule has 3 nitrogen and oxygen atoms in total. The first-order valence-electron chi connectivity index (χ1n) is 5.95. The van der Waals surface area contributed by atoms with Gasteiger partial charge in [-0.15, -0.1) is 6.58 Å². The first-order valence-corrected chi connectivity index (χ1v) is 5.95. The highest BCUT2D eigenvalue weighted by Gasteiger charge is 2.12. The van der Waals surface area contributed by atoms with Crippen LogP contribution < -0.4 is 4.90 Å². The van der Waals surface area contributed by atoms with Crippen molar-refractivity contribution in [1.82, 2.24) is 9.97 Å². The number of hydrogen-bond donors (Lipinski definition) is 0. The maximum atomic E-state index is 4.34.